The molecule has 0 aliphatic heterocycles. The number of ether oxygens (including phenoxy) is 1. The number of aromatic hydroxyl groups is 1. The van der Waals surface area contributed by atoms with Gasteiger partial charge in [-0.25, -0.2) is 4.39 Å². The van der Waals surface area contributed by atoms with E-state index in [0.29, 0.717) is 25.3 Å². The fourth-order valence-electron chi connectivity index (χ4n) is 1.61. The lowest BCUT2D eigenvalue weighted by molar-refractivity contribution is 0.112. The highest BCUT2D eigenvalue weighted by molar-refractivity contribution is 5.32. The Balaban J connectivity index is 2.57. The topological polar surface area (TPSA) is 32.7 Å². The molecule has 0 heterocycles. The Labute approximate surface area is 102 Å². The van der Waals surface area contributed by atoms with Gasteiger partial charge in [0.1, 0.15) is 11.6 Å². The fraction of sp³-hybridized carbons (Fsp3) is 0.538. The van der Waals surface area contributed by atoms with E-state index < -0.39 is 0 Å². The number of phenolic OH excluding ortho intramolecular Hbond substituents is 1. The quantitative estimate of drug-likeness (QED) is 0.744. The van der Waals surface area contributed by atoms with Crippen LogP contribution in [0.4, 0.5) is 4.39 Å². The molecule has 0 atom stereocenters. The van der Waals surface area contributed by atoms with Crippen molar-refractivity contribution in [1.29, 1.82) is 0 Å². The maximum absolute atomic E-state index is 13.1. The molecule has 0 aliphatic rings. The van der Waals surface area contributed by atoms with E-state index in [0.717, 1.165) is 13.1 Å². The van der Waals surface area contributed by atoms with Crippen LogP contribution in [0.1, 0.15) is 19.4 Å². The highest BCUT2D eigenvalue weighted by Gasteiger charge is 2.08. The number of phenols is 1. The van der Waals surface area contributed by atoms with Crippen molar-refractivity contribution in [1.82, 2.24) is 4.90 Å². The number of rotatable bonds is 7. The summed E-state index contributed by atoms with van der Waals surface area (Å²) >= 11 is 0. The summed E-state index contributed by atoms with van der Waals surface area (Å²) in [6, 6.07) is 4.02. The number of halogens is 1. The molecule has 0 saturated carbocycles. The van der Waals surface area contributed by atoms with Gasteiger partial charge < -0.3 is 9.84 Å². The molecular formula is C13H20FNO2. The molecule has 0 aliphatic carbocycles. The highest BCUT2D eigenvalue weighted by atomic mass is 19.1. The number of benzene rings is 1. The van der Waals surface area contributed by atoms with E-state index in [9.17, 15) is 9.50 Å². The van der Waals surface area contributed by atoms with Gasteiger partial charge in [-0.15, -0.1) is 0 Å². The minimum atomic E-state index is -0.321. The zero-order valence-electron chi connectivity index (χ0n) is 10.4. The summed E-state index contributed by atoms with van der Waals surface area (Å²) in [6.07, 6.45) is 0. The average Bonchev–Trinajstić information content (AvgIpc) is 2.32. The van der Waals surface area contributed by atoms with Crippen molar-refractivity contribution in [3.63, 3.8) is 0 Å². The van der Waals surface area contributed by atoms with Crippen molar-refractivity contribution in [2.45, 2.75) is 20.4 Å². The van der Waals surface area contributed by atoms with Crippen LogP contribution in [0.15, 0.2) is 18.2 Å². The third kappa shape index (κ3) is 4.71. The molecule has 1 rings (SSSR count). The summed E-state index contributed by atoms with van der Waals surface area (Å²) in [4.78, 5) is 2.10. The van der Waals surface area contributed by atoms with E-state index in [1.165, 1.54) is 18.2 Å². The van der Waals surface area contributed by atoms with E-state index in [4.69, 9.17) is 4.74 Å². The predicted molar refractivity (Wildman–Crippen MR) is 65.5 cm³/mol. The van der Waals surface area contributed by atoms with Gasteiger partial charge in [-0.1, -0.05) is 6.92 Å². The van der Waals surface area contributed by atoms with E-state index in [-0.39, 0.29) is 11.6 Å². The second kappa shape index (κ2) is 7.25. The van der Waals surface area contributed by atoms with Crippen molar-refractivity contribution < 1.29 is 14.2 Å². The van der Waals surface area contributed by atoms with Gasteiger partial charge in [-0.2, -0.15) is 0 Å². The molecule has 1 N–H and O–H groups in total. The molecule has 96 valence electrons. The van der Waals surface area contributed by atoms with Crippen molar-refractivity contribution in [3.05, 3.63) is 29.6 Å². The van der Waals surface area contributed by atoms with Crippen molar-refractivity contribution in [2.24, 2.45) is 0 Å². The Morgan fingerprint density at radius 2 is 2.12 bits per heavy atom. The second-order valence-electron chi connectivity index (χ2n) is 3.84. The van der Waals surface area contributed by atoms with Crippen LogP contribution < -0.4 is 0 Å². The number of hydrogen-bond acceptors (Lipinski definition) is 3. The first kappa shape index (κ1) is 13.9. The van der Waals surface area contributed by atoms with E-state index >= 15 is 0 Å². The fourth-order valence-corrected chi connectivity index (χ4v) is 1.61. The van der Waals surface area contributed by atoms with Crippen LogP contribution in [-0.4, -0.2) is 36.3 Å². The molecule has 0 unspecified atom stereocenters. The van der Waals surface area contributed by atoms with Crippen LogP contribution in [0.2, 0.25) is 0 Å². The molecule has 0 spiro atoms. The molecule has 1 aromatic rings. The molecule has 17 heavy (non-hydrogen) atoms. The third-order valence-corrected chi connectivity index (χ3v) is 2.64. The molecule has 0 fully saturated rings. The second-order valence-corrected chi connectivity index (χ2v) is 3.84. The van der Waals surface area contributed by atoms with Crippen LogP contribution in [0.25, 0.3) is 0 Å². The van der Waals surface area contributed by atoms with Gasteiger partial charge in [-0.3, -0.25) is 4.90 Å². The summed E-state index contributed by atoms with van der Waals surface area (Å²) in [6.45, 7) is 7.48. The van der Waals surface area contributed by atoms with Gasteiger partial charge in [-0.05, 0) is 31.7 Å². The van der Waals surface area contributed by atoms with Crippen molar-refractivity contribution in [3.8, 4) is 5.75 Å². The minimum Gasteiger partial charge on any atom is -0.508 e. The van der Waals surface area contributed by atoms with E-state index in [2.05, 4.69) is 4.90 Å². The Hall–Kier alpha value is -1.13. The van der Waals surface area contributed by atoms with Crippen LogP contribution in [0.5, 0.6) is 5.75 Å². The van der Waals surface area contributed by atoms with Gasteiger partial charge in [0.15, 0.2) is 0 Å². The molecule has 0 aromatic heterocycles. The van der Waals surface area contributed by atoms with E-state index in [1.807, 2.05) is 13.8 Å². The van der Waals surface area contributed by atoms with Gasteiger partial charge >= 0.3 is 0 Å². The average molecular weight is 241 g/mol. The normalized spacial score (nSPS) is 11.1. The monoisotopic (exact) mass is 241 g/mol. The molecule has 4 heteroatoms. The van der Waals surface area contributed by atoms with Gasteiger partial charge in [0.25, 0.3) is 0 Å². The zero-order valence-corrected chi connectivity index (χ0v) is 10.4. The summed E-state index contributed by atoms with van der Waals surface area (Å²) in [5.74, 6) is -0.181. The zero-order chi connectivity index (χ0) is 12.7. The molecule has 0 radical (unpaired) electrons. The summed E-state index contributed by atoms with van der Waals surface area (Å²) in [5.41, 5.74) is 0.614. The first-order valence-corrected chi connectivity index (χ1v) is 5.94. The summed E-state index contributed by atoms with van der Waals surface area (Å²) in [7, 11) is 0. The SMILES string of the molecule is CCOCCN(CC)Cc1cc(F)ccc1O. The van der Waals surface area contributed by atoms with E-state index in [1.54, 1.807) is 0 Å². The molecule has 0 amide bonds. The predicted octanol–water partition coefficient (Wildman–Crippen LogP) is 2.39. The minimum absolute atomic E-state index is 0.140. The van der Waals surface area contributed by atoms with Crippen LogP contribution in [-0.2, 0) is 11.3 Å². The van der Waals surface area contributed by atoms with Crippen LogP contribution >= 0.6 is 0 Å². The molecule has 3 nitrogen and oxygen atoms in total. The lowest BCUT2D eigenvalue weighted by Crippen LogP contribution is -2.27. The largest absolute Gasteiger partial charge is 0.508 e. The van der Waals surface area contributed by atoms with Crippen LogP contribution in [0.3, 0.4) is 0 Å². The lowest BCUT2D eigenvalue weighted by Gasteiger charge is -2.20. The summed E-state index contributed by atoms with van der Waals surface area (Å²) in [5, 5.41) is 9.63. The Morgan fingerprint density at radius 3 is 2.76 bits per heavy atom. The van der Waals surface area contributed by atoms with Gasteiger partial charge in [0, 0.05) is 25.3 Å². The van der Waals surface area contributed by atoms with Gasteiger partial charge in [0.05, 0.1) is 6.61 Å². The first-order chi connectivity index (χ1) is 8.17. The number of likely N-dealkylation sites (N-methyl/N-ethyl adjacent to an activating group) is 1. The lowest BCUT2D eigenvalue weighted by atomic mass is 10.2. The molecule has 1 aromatic carbocycles. The number of nitrogens with zero attached hydrogens (tertiary/aromatic N) is 1. The summed E-state index contributed by atoms with van der Waals surface area (Å²) < 4.78 is 18.3. The molecular weight excluding hydrogens is 221 g/mol. The maximum Gasteiger partial charge on any atom is 0.123 e. The third-order valence-electron chi connectivity index (χ3n) is 2.64. The molecule has 0 saturated heterocycles. The van der Waals surface area contributed by atoms with Crippen LogP contribution in [0, 0.1) is 5.82 Å². The van der Waals surface area contributed by atoms with Gasteiger partial charge in [0.2, 0.25) is 0 Å². The number of hydrogen-bond donors (Lipinski definition) is 1. The smallest absolute Gasteiger partial charge is 0.123 e. The maximum atomic E-state index is 13.1. The van der Waals surface area contributed by atoms with Crippen molar-refractivity contribution in [2.75, 3.05) is 26.3 Å². The first-order valence-electron chi connectivity index (χ1n) is 5.94. The Kier molecular flexibility index (Phi) is 5.94. The van der Waals surface area contributed by atoms with Crippen molar-refractivity contribution >= 4 is 0 Å². The Morgan fingerprint density at radius 1 is 1.35 bits per heavy atom. The Bertz CT molecular complexity index is 344. The molecule has 0 bridgehead atoms. The standard InChI is InChI=1S/C13H20FNO2/c1-3-15(7-8-17-4-2)10-11-9-12(14)5-6-13(11)16/h5-6,9,16H,3-4,7-8,10H2,1-2H3. The highest BCUT2D eigenvalue weighted by Crippen LogP contribution is 2.19.